The Labute approximate surface area is 152 Å². The van der Waals surface area contributed by atoms with Crippen LogP contribution in [0.4, 0.5) is 0 Å². The highest BCUT2D eigenvalue weighted by molar-refractivity contribution is 7.89. The van der Waals surface area contributed by atoms with Gasteiger partial charge in [-0.25, -0.2) is 0 Å². The largest absolute Gasteiger partial charge is 0.504 e. The number of phenolic OH excluding ortho intramolecular Hbond substituents is 1. The average Bonchev–Trinajstić information content (AvgIpc) is 2.64. The molecule has 0 aliphatic rings. The maximum Gasteiger partial charge on any atom is 0.280 e. The van der Waals surface area contributed by atoms with Crippen molar-refractivity contribution in [3.63, 3.8) is 0 Å². The van der Waals surface area contributed by atoms with Crippen molar-refractivity contribution >= 4 is 16.2 Å². The van der Waals surface area contributed by atoms with E-state index in [9.17, 15) is 13.5 Å². The molecule has 9 heteroatoms. The lowest BCUT2D eigenvalue weighted by Crippen LogP contribution is -2.19. The number of sulfonamides is 1. The highest BCUT2D eigenvalue weighted by Gasteiger charge is 2.19. The van der Waals surface area contributed by atoms with Crippen LogP contribution in [-0.4, -0.2) is 40.6 Å². The van der Waals surface area contributed by atoms with E-state index in [4.69, 9.17) is 14.2 Å². The summed E-state index contributed by atoms with van der Waals surface area (Å²) in [5.41, 5.74) is 0.306. The van der Waals surface area contributed by atoms with Gasteiger partial charge in [0.25, 0.3) is 10.0 Å². The normalized spacial score (nSPS) is 11.3. The quantitative estimate of drug-likeness (QED) is 0.537. The van der Waals surface area contributed by atoms with Crippen LogP contribution in [0, 0.1) is 0 Å². The number of benzene rings is 2. The number of nitrogens with zero attached hydrogens (tertiary/aromatic N) is 1. The van der Waals surface area contributed by atoms with E-state index in [1.165, 1.54) is 38.6 Å². The van der Waals surface area contributed by atoms with Crippen molar-refractivity contribution in [1.82, 2.24) is 4.83 Å². The standard InChI is InChI=1S/C17H20N2O6S/c1-4-25-14-7-5-6-12(17(14)20)11-18-19-26(21,22)16-9-8-13(23-2)10-15(16)24-3/h5-11,19-20H,4H2,1-3H3/b18-11-. The summed E-state index contributed by atoms with van der Waals surface area (Å²) in [5.74, 6) is 0.741. The summed E-state index contributed by atoms with van der Waals surface area (Å²) in [6.45, 7) is 2.18. The summed E-state index contributed by atoms with van der Waals surface area (Å²) < 4.78 is 40.2. The second kappa shape index (κ2) is 8.43. The number of hydrogen-bond donors (Lipinski definition) is 2. The number of methoxy groups -OCH3 is 2. The second-order valence-electron chi connectivity index (χ2n) is 5.00. The minimum Gasteiger partial charge on any atom is -0.504 e. The summed E-state index contributed by atoms with van der Waals surface area (Å²) in [6, 6.07) is 9.13. The molecule has 0 spiro atoms. The zero-order chi connectivity index (χ0) is 19.2. The van der Waals surface area contributed by atoms with E-state index in [-0.39, 0.29) is 22.1 Å². The molecule has 2 aromatic rings. The third kappa shape index (κ3) is 4.37. The van der Waals surface area contributed by atoms with Gasteiger partial charge in [-0.3, -0.25) is 0 Å². The Kier molecular flexibility index (Phi) is 6.29. The van der Waals surface area contributed by atoms with Crippen LogP contribution in [0.15, 0.2) is 46.4 Å². The molecule has 0 heterocycles. The number of hydrazone groups is 1. The van der Waals surface area contributed by atoms with Gasteiger partial charge in [0.2, 0.25) is 0 Å². The van der Waals surface area contributed by atoms with E-state index in [1.807, 2.05) is 0 Å². The Bertz CT molecular complexity index is 896. The highest BCUT2D eigenvalue weighted by atomic mass is 32.2. The van der Waals surface area contributed by atoms with Crippen molar-refractivity contribution in [2.45, 2.75) is 11.8 Å². The van der Waals surface area contributed by atoms with E-state index in [2.05, 4.69) is 9.93 Å². The van der Waals surface area contributed by atoms with Crippen LogP contribution in [0.25, 0.3) is 0 Å². The van der Waals surface area contributed by atoms with Gasteiger partial charge >= 0.3 is 0 Å². The lowest BCUT2D eigenvalue weighted by atomic mass is 10.2. The van der Waals surface area contributed by atoms with Crippen LogP contribution >= 0.6 is 0 Å². The van der Waals surface area contributed by atoms with Crippen LogP contribution in [0.2, 0.25) is 0 Å². The zero-order valence-electron chi connectivity index (χ0n) is 14.6. The van der Waals surface area contributed by atoms with Crippen molar-refractivity contribution in [3.8, 4) is 23.0 Å². The van der Waals surface area contributed by atoms with Crippen molar-refractivity contribution < 1.29 is 27.7 Å². The predicted molar refractivity (Wildman–Crippen MR) is 96.7 cm³/mol. The number of para-hydroxylation sites is 1. The van der Waals surface area contributed by atoms with Gasteiger partial charge in [-0.1, -0.05) is 6.07 Å². The van der Waals surface area contributed by atoms with Gasteiger partial charge in [0.1, 0.15) is 16.4 Å². The monoisotopic (exact) mass is 380 g/mol. The van der Waals surface area contributed by atoms with Gasteiger partial charge < -0.3 is 19.3 Å². The Morgan fingerprint density at radius 2 is 1.92 bits per heavy atom. The Balaban J connectivity index is 2.23. The molecule has 26 heavy (non-hydrogen) atoms. The molecule has 2 aromatic carbocycles. The van der Waals surface area contributed by atoms with Crippen molar-refractivity contribution in [2.24, 2.45) is 5.10 Å². The minimum atomic E-state index is -3.97. The first-order valence-corrected chi connectivity index (χ1v) is 9.13. The molecule has 2 rings (SSSR count). The molecular formula is C17H20N2O6S. The third-order valence-electron chi connectivity index (χ3n) is 3.37. The fourth-order valence-corrected chi connectivity index (χ4v) is 3.07. The third-order valence-corrected chi connectivity index (χ3v) is 4.63. The van der Waals surface area contributed by atoms with Crippen LogP contribution in [-0.2, 0) is 10.0 Å². The number of ether oxygens (including phenoxy) is 3. The number of hydrogen-bond acceptors (Lipinski definition) is 7. The van der Waals surface area contributed by atoms with E-state index < -0.39 is 10.0 Å². The first-order chi connectivity index (χ1) is 12.4. The molecule has 0 aromatic heterocycles. The smallest absolute Gasteiger partial charge is 0.280 e. The number of phenols is 1. The van der Waals surface area contributed by atoms with E-state index in [0.29, 0.717) is 17.9 Å². The number of nitrogens with one attached hydrogen (secondary N) is 1. The lowest BCUT2D eigenvalue weighted by molar-refractivity contribution is 0.318. The maximum atomic E-state index is 12.4. The molecule has 140 valence electrons. The summed E-state index contributed by atoms with van der Waals surface area (Å²) in [7, 11) is -1.15. The molecule has 0 unspecified atom stereocenters. The molecule has 8 nitrogen and oxygen atoms in total. The Morgan fingerprint density at radius 3 is 2.58 bits per heavy atom. The van der Waals surface area contributed by atoms with Crippen LogP contribution in [0.1, 0.15) is 12.5 Å². The second-order valence-corrected chi connectivity index (χ2v) is 6.63. The zero-order valence-corrected chi connectivity index (χ0v) is 15.4. The van der Waals surface area contributed by atoms with Crippen molar-refractivity contribution in [2.75, 3.05) is 20.8 Å². The van der Waals surface area contributed by atoms with Crippen LogP contribution in [0.3, 0.4) is 0 Å². The summed E-state index contributed by atoms with van der Waals surface area (Å²) in [5, 5.41) is 13.8. The summed E-state index contributed by atoms with van der Waals surface area (Å²) in [4.78, 5) is 1.99. The SMILES string of the molecule is CCOc1cccc(/C=N\NS(=O)(=O)c2ccc(OC)cc2OC)c1O. The van der Waals surface area contributed by atoms with Crippen molar-refractivity contribution in [1.29, 1.82) is 0 Å². The molecule has 0 atom stereocenters. The van der Waals surface area contributed by atoms with Crippen molar-refractivity contribution in [3.05, 3.63) is 42.0 Å². The Morgan fingerprint density at radius 1 is 1.15 bits per heavy atom. The average molecular weight is 380 g/mol. The summed E-state index contributed by atoms with van der Waals surface area (Å²) >= 11 is 0. The Hall–Kier alpha value is -2.94. The van der Waals surface area contributed by atoms with E-state index >= 15 is 0 Å². The first kappa shape index (κ1) is 19.4. The van der Waals surface area contributed by atoms with Gasteiger partial charge in [0.05, 0.1) is 27.0 Å². The number of aromatic hydroxyl groups is 1. The molecular weight excluding hydrogens is 360 g/mol. The molecule has 2 N–H and O–H groups in total. The fourth-order valence-electron chi connectivity index (χ4n) is 2.13. The van der Waals surface area contributed by atoms with Gasteiger partial charge in [0, 0.05) is 11.6 Å². The van der Waals surface area contributed by atoms with Gasteiger partial charge in [0.15, 0.2) is 11.5 Å². The highest BCUT2D eigenvalue weighted by Crippen LogP contribution is 2.29. The first-order valence-electron chi connectivity index (χ1n) is 7.64. The summed E-state index contributed by atoms with van der Waals surface area (Å²) in [6.07, 6.45) is 1.19. The molecule has 0 fully saturated rings. The van der Waals surface area contributed by atoms with E-state index in [0.717, 1.165) is 0 Å². The minimum absolute atomic E-state index is 0.0924. The molecule has 0 saturated heterocycles. The number of rotatable bonds is 8. The fraction of sp³-hybridized carbons (Fsp3) is 0.235. The molecule has 0 amide bonds. The van der Waals surface area contributed by atoms with Crippen LogP contribution in [0.5, 0.6) is 23.0 Å². The molecule has 0 bridgehead atoms. The van der Waals surface area contributed by atoms with Crippen LogP contribution < -0.4 is 19.0 Å². The molecule has 0 aliphatic heterocycles. The maximum absolute atomic E-state index is 12.4. The van der Waals surface area contributed by atoms with E-state index in [1.54, 1.807) is 25.1 Å². The molecule has 0 saturated carbocycles. The molecule has 0 radical (unpaired) electrons. The lowest BCUT2D eigenvalue weighted by Gasteiger charge is -2.10. The van der Waals surface area contributed by atoms with Gasteiger partial charge in [-0.2, -0.15) is 18.4 Å². The van der Waals surface area contributed by atoms with Gasteiger partial charge in [-0.15, -0.1) is 0 Å². The topological polar surface area (TPSA) is 106 Å². The predicted octanol–water partition coefficient (Wildman–Crippen LogP) is 2.12. The molecule has 0 aliphatic carbocycles. The van der Waals surface area contributed by atoms with Gasteiger partial charge in [-0.05, 0) is 31.2 Å².